The molecule has 1 amide bonds. The molecule has 136 valence electrons. The number of nitrogens with one attached hydrogen (secondary N) is 1. The van der Waals surface area contributed by atoms with Gasteiger partial charge >= 0.3 is 0 Å². The van der Waals surface area contributed by atoms with Crippen molar-refractivity contribution in [2.45, 2.75) is 81.3 Å². The summed E-state index contributed by atoms with van der Waals surface area (Å²) in [7, 11) is 0. The number of nitrogens with two attached hydrogens (primary N) is 2. The maximum atomic E-state index is 12.5. The van der Waals surface area contributed by atoms with Crippen molar-refractivity contribution in [3.8, 4) is 0 Å². The summed E-state index contributed by atoms with van der Waals surface area (Å²) in [5, 5.41) is 3.44. The maximum absolute atomic E-state index is 12.5. The summed E-state index contributed by atoms with van der Waals surface area (Å²) in [6.45, 7) is 3.21. The van der Waals surface area contributed by atoms with Crippen molar-refractivity contribution in [3.05, 3.63) is 0 Å². The Morgan fingerprint density at radius 1 is 1.12 bits per heavy atom. The number of rotatable bonds is 5. The van der Waals surface area contributed by atoms with Gasteiger partial charge < -0.3 is 21.7 Å². The van der Waals surface area contributed by atoms with Gasteiger partial charge in [-0.15, -0.1) is 0 Å². The Morgan fingerprint density at radius 2 is 1.79 bits per heavy atom. The fourth-order valence-corrected chi connectivity index (χ4v) is 6.48. The average Bonchev–Trinajstić information content (AvgIpc) is 2.46. The van der Waals surface area contributed by atoms with Crippen LogP contribution in [-0.2, 0) is 4.79 Å². The first kappa shape index (κ1) is 16.8. The zero-order chi connectivity index (χ0) is 16.8. The van der Waals surface area contributed by atoms with Gasteiger partial charge in [-0.1, -0.05) is 0 Å². The number of nitrogens with zero attached hydrogens (tertiary/aromatic N) is 1. The number of likely N-dealkylation sites (tertiary alicyclic amines) is 1. The van der Waals surface area contributed by atoms with Gasteiger partial charge in [0, 0.05) is 23.5 Å². The van der Waals surface area contributed by atoms with Gasteiger partial charge in [0.1, 0.15) is 0 Å². The molecule has 1 aliphatic heterocycles. The summed E-state index contributed by atoms with van der Waals surface area (Å²) in [4.78, 5) is 15.0. The highest BCUT2D eigenvalue weighted by atomic mass is 16.1. The lowest BCUT2D eigenvalue weighted by Crippen LogP contribution is -2.68. The van der Waals surface area contributed by atoms with Gasteiger partial charge in [-0.25, -0.2) is 0 Å². The zero-order valence-electron chi connectivity index (χ0n) is 14.9. The molecule has 0 spiro atoms. The first-order valence-electron chi connectivity index (χ1n) is 10.0. The fraction of sp³-hybridized carbons (Fsp3) is 0.947. The second-order valence-electron chi connectivity index (χ2n) is 9.43. The number of piperidine rings is 1. The fourth-order valence-electron chi connectivity index (χ4n) is 6.48. The molecule has 0 aromatic heterocycles. The molecule has 0 radical (unpaired) electrons. The van der Waals surface area contributed by atoms with E-state index in [1.54, 1.807) is 0 Å². The molecule has 2 unspecified atom stereocenters. The number of carbonyl (C=O) groups is 1. The van der Waals surface area contributed by atoms with Gasteiger partial charge in [0.2, 0.25) is 5.91 Å². The van der Waals surface area contributed by atoms with Crippen LogP contribution < -0.4 is 16.8 Å². The summed E-state index contributed by atoms with van der Waals surface area (Å²) in [5.41, 5.74) is 12.6. The van der Waals surface area contributed by atoms with E-state index in [9.17, 15) is 4.79 Å². The van der Waals surface area contributed by atoms with Crippen molar-refractivity contribution >= 4 is 5.91 Å². The van der Waals surface area contributed by atoms with Gasteiger partial charge in [0.05, 0.1) is 0 Å². The van der Waals surface area contributed by atoms with Gasteiger partial charge in [0.15, 0.2) is 0 Å². The molecule has 5 heteroatoms. The summed E-state index contributed by atoms with van der Waals surface area (Å²) < 4.78 is 0. The Bertz CT molecular complexity index is 472. The molecule has 1 saturated heterocycles. The summed E-state index contributed by atoms with van der Waals surface area (Å²) >= 11 is 0. The summed E-state index contributed by atoms with van der Waals surface area (Å²) in [6, 6.07) is 0.379. The molecule has 4 aliphatic carbocycles. The topological polar surface area (TPSA) is 84.4 Å². The molecule has 5 fully saturated rings. The monoisotopic (exact) mass is 334 g/mol. The molecule has 1 heterocycles. The van der Waals surface area contributed by atoms with E-state index < -0.39 is 0 Å². The van der Waals surface area contributed by atoms with E-state index in [2.05, 4.69) is 10.2 Å². The van der Waals surface area contributed by atoms with Crippen molar-refractivity contribution in [2.24, 2.45) is 23.3 Å². The third kappa shape index (κ3) is 3.49. The van der Waals surface area contributed by atoms with E-state index in [1.807, 2.05) is 0 Å². The molecule has 4 saturated carbocycles. The van der Waals surface area contributed by atoms with Crippen LogP contribution in [0, 0.1) is 11.8 Å². The van der Waals surface area contributed by atoms with Crippen LogP contribution in [0.4, 0.5) is 0 Å². The second-order valence-corrected chi connectivity index (χ2v) is 9.43. The highest BCUT2D eigenvalue weighted by molar-refractivity contribution is 5.77. The Balaban J connectivity index is 1.24. The van der Waals surface area contributed by atoms with Gasteiger partial charge in [-0.2, -0.15) is 0 Å². The molecule has 5 rings (SSSR count). The van der Waals surface area contributed by atoms with Crippen molar-refractivity contribution < 1.29 is 4.79 Å². The third-order valence-corrected chi connectivity index (χ3v) is 7.02. The lowest BCUT2D eigenvalue weighted by molar-refractivity contribution is -0.127. The number of hydrogen-bond acceptors (Lipinski definition) is 4. The van der Waals surface area contributed by atoms with Crippen LogP contribution in [0.3, 0.4) is 0 Å². The van der Waals surface area contributed by atoms with Crippen LogP contribution in [-0.4, -0.2) is 47.6 Å². The molecular formula is C19H34N4O. The molecule has 24 heavy (non-hydrogen) atoms. The minimum atomic E-state index is 0.00390. The number of carbonyl (C=O) groups excluding carboxylic acids is 1. The van der Waals surface area contributed by atoms with Crippen LogP contribution in [0.1, 0.15) is 64.2 Å². The van der Waals surface area contributed by atoms with E-state index in [4.69, 9.17) is 11.5 Å². The Labute approximate surface area is 145 Å². The highest BCUT2D eigenvalue weighted by Gasteiger charge is 2.56. The third-order valence-electron chi connectivity index (χ3n) is 7.02. The van der Waals surface area contributed by atoms with Crippen molar-refractivity contribution in [2.75, 3.05) is 19.6 Å². The zero-order valence-corrected chi connectivity index (χ0v) is 14.9. The Kier molecular flexibility index (Phi) is 4.38. The normalized spacial score (nSPS) is 42.4. The molecule has 0 aromatic rings. The maximum Gasteiger partial charge on any atom is 0.220 e. The Morgan fingerprint density at radius 3 is 2.42 bits per heavy atom. The molecule has 2 atom stereocenters. The van der Waals surface area contributed by atoms with Crippen molar-refractivity contribution in [3.63, 3.8) is 0 Å². The number of hydrogen-bond donors (Lipinski definition) is 3. The Hall–Kier alpha value is -0.650. The molecule has 4 bridgehead atoms. The van der Waals surface area contributed by atoms with E-state index in [0.29, 0.717) is 12.5 Å². The predicted octanol–water partition coefficient (Wildman–Crippen LogP) is 1.36. The van der Waals surface area contributed by atoms with E-state index in [1.165, 1.54) is 19.3 Å². The van der Waals surface area contributed by atoms with Gasteiger partial charge in [-0.3, -0.25) is 4.79 Å². The van der Waals surface area contributed by atoms with Crippen molar-refractivity contribution in [1.29, 1.82) is 0 Å². The molecule has 0 aromatic carbocycles. The van der Waals surface area contributed by atoms with Crippen LogP contribution >= 0.6 is 0 Å². The van der Waals surface area contributed by atoms with E-state index in [-0.39, 0.29) is 17.0 Å². The quantitative estimate of drug-likeness (QED) is 0.709. The second kappa shape index (κ2) is 6.26. The molecule has 5 nitrogen and oxygen atoms in total. The first-order chi connectivity index (χ1) is 11.4. The standard InChI is InChI=1S/C19H34N4O/c20-16-3-6-23(7-4-16)5-1-2-17(24)22-19-11-14-8-15(12-19)10-18(21,9-14)13-19/h14-16H,1-13,20-21H2,(H,22,24). The smallest absolute Gasteiger partial charge is 0.220 e. The summed E-state index contributed by atoms with van der Waals surface area (Å²) in [5.74, 6) is 1.73. The van der Waals surface area contributed by atoms with E-state index in [0.717, 1.165) is 70.0 Å². The minimum Gasteiger partial charge on any atom is -0.351 e. The largest absolute Gasteiger partial charge is 0.351 e. The average molecular weight is 335 g/mol. The molecule has 5 N–H and O–H groups in total. The SMILES string of the molecule is NC1CCN(CCCC(=O)NC23CC4CC(CC(N)(C4)C2)C3)CC1. The summed E-state index contributed by atoms with van der Waals surface area (Å²) in [6.07, 6.45) is 10.8. The molecular weight excluding hydrogens is 300 g/mol. The lowest BCUT2D eigenvalue weighted by Gasteiger charge is -2.61. The minimum absolute atomic E-state index is 0.00390. The number of amides is 1. The first-order valence-corrected chi connectivity index (χ1v) is 10.0. The lowest BCUT2D eigenvalue weighted by atomic mass is 9.50. The van der Waals surface area contributed by atoms with Gasteiger partial charge in [-0.05, 0) is 89.3 Å². The van der Waals surface area contributed by atoms with Crippen LogP contribution in [0.15, 0.2) is 0 Å². The highest BCUT2D eigenvalue weighted by Crippen LogP contribution is 2.56. The van der Waals surface area contributed by atoms with Crippen LogP contribution in [0.5, 0.6) is 0 Å². The molecule has 5 aliphatic rings. The van der Waals surface area contributed by atoms with Crippen LogP contribution in [0.25, 0.3) is 0 Å². The predicted molar refractivity (Wildman–Crippen MR) is 95.4 cm³/mol. The van der Waals surface area contributed by atoms with Crippen molar-refractivity contribution in [1.82, 2.24) is 10.2 Å². The van der Waals surface area contributed by atoms with Crippen LogP contribution in [0.2, 0.25) is 0 Å². The van der Waals surface area contributed by atoms with E-state index >= 15 is 0 Å². The van der Waals surface area contributed by atoms with Gasteiger partial charge in [0.25, 0.3) is 0 Å².